The Morgan fingerprint density at radius 3 is 2.84 bits per heavy atom. The fourth-order valence-corrected chi connectivity index (χ4v) is 2.62. The maximum atomic E-state index is 12.2. The monoisotopic (exact) mass is 353 g/mol. The zero-order chi connectivity index (χ0) is 18.1. The van der Waals surface area contributed by atoms with E-state index in [0.29, 0.717) is 5.96 Å². The molecule has 2 aromatic rings. The normalized spacial score (nSPS) is 27.0. The Labute approximate surface area is 141 Å². The first kappa shape index (κ1) is 17.3. The molecule has 0 aliphatic carbocycles. The van der Waals surface area contributed by atoms with Crippen LogP contribution in [0.15, 0.2) is 16.1 Å². The minimum absolute atomic E-state index is 0.0442. The van der Waals surface area contributed by atoms with Crippen molar-refractivity contribution in [2.45, 2.75) is 24.5 Å². The number of hydrogen-bond acceptors (Lipinski definition) is 8. The van der Waals surface area contributed by atoms with Gasteiger partial charge >= 0.3 is 0 Å². The number of aliphatic hydroxyl groups is 3. The molecule has 0 bridgehead atoms. The van der Waals surface area contributed by atoms with E-state index >= 15 is 0 Å². The van der Waals surface area contributed by atoms with Gasteiger partial charge in [-0.2, -0.15) is 4.98 Å². The number of anilines is 1. The molecule has 3 heterocycles. The maximum absolute atomic E-state index is 12.2. The molecule has 0 aromatic carbocycles. The number of aromatic nitrogens is 4. The number of ether oxygens (including phenoxy) is 1. The molecule has 12 heteroatoms. The van der Waals surface area contributed by atoms with Crippen LogP contribution in [0.3, 0.4) is 0 Å². The third-order valence-electron chi connectivity index (χ3n) is 3.92. The highest BCUT2D eigenvalue weighted by Crippen LogP contribution is 2.30. The number of hydrogen-bond donors (Lipinski definition) is 6. The molecular weight excluding hydrogens is 334 g/mol. The molecule has 0 saturated carbocycles. The predicted molar refractivity (Wildman–Crippen MR) is 87.2 cm³/mol. The summed E-state index contributed by atoms with van der Waals surface area (Å²) in [5, 5.41) is 34.8. The van der Waals surface area contributed by atoms with Gasteiger partial charge in [0.25, 0.3) is 5.56 Å². The number of aliphatic hydroxyl groups excluding tert-OH is 3. The lowest BCUT2D eigenvalue weighted by Crippen LogP contribution is -2.33. The van der Waals surface area contributed by atoms with Gasteiger partial charge in [-0.25, -0.2) is 4.98 Å². The summed E-state index contributed by atoms with van der Waals surface area (Å²) in [4.78, 5) is 26.9. The summed E-state index contributed by atoms with van der Waals surface area (Å²) in [7, 11) is 3.20. The second kappa shape index (κ2) is 6.76. The molecule has 4 atom stereocenters. The quantitative estimate of drug-likeness (QED) is 0.255. The average molecular weight is 353 g/mol. The number of H-pyrrole nitrogens is 1. The Morgan fingerprint density at radius 1 is 1.48 bits per heavy atom. The molecule has 0 spiro atoms. The first-order valence-corrected chi connectivity index (χ1v) is 7.51. The van der Waals surface area contributed by atoms with Gasteiger partial charge in [-0.3, -0.25) is 24.7 Å². The summed E-state index contributed by atoms with van der Waals surface area (Å²) in [5.41, 5.74) is -0.306. The Bertz CT molecular complexity index is 847. The highest BCUT2D eigenvalue weighted by Gasteiger charge is 2.44. The van der Waals surface area contributed by atoms with E-state index in [1.807, 2.05) is 0 Å². The first-order chi connectivity index (χ1) is 12.0. The Hall–Kier alpha value is -2.54. The molecule has 1 saturated heterocycles. The number of imidazole rings is 1. The summed E-state index contributed by atoms with van der Waals surface area (Å²) < 4.78 is 6.79. The highest BCUT2D eigenvalue weighted by atomic mass is 16.6. The molecule has 0 unspecified atom stereocenters. The van der Waals surface area contributed by atoms with E-state index in [1.54, 1.807) is 14.1 Å². The molecule has 1 aliphatic rings. The average Bonchev–Trinajstić information content (AvgIpc) is 3.15. The van der Waals surface area contributed by atoms with Crippen LogP contribution in [0.25, 0.3) is 11.2 Å². The van der Waals surface area contributed by atoms with Crippen LogP contribution >= 0.6 is 0 Å². The number of aliphatic imine (C=N–C) groups is 1. The van der Waals surface area contributed by atoms with Gasteiger partial charge < -0.3 is 25.4 Å². The van der Waals surface area contributed by atoms with Gasteiger partial charge in [0.2, 0.25) is 5.95 Å². The number of nitrogens with zero attached hydrogens (tertiary/aromatic N) is 4. The minimum atomic E-state index is -1.31. The van der Waals surface area contributed by atoms with E-state index in [0.717, 1.165) is 0 Å². The zero-order valence-electron chi connectivity index (χ0n) is 13.5. The third kappa shape index (κ3) is 2.95. The lowest BCUT2D eigenvalue weighted by atomic mass is 10.1. The van der Waals surface area contributed by atoms with E-state index in [2.05, 4.69) is 30.6 Å². The summed E-state index contributed by atoms with van der Waals surface area (Å²) >= 11 is 0. The topological polar surface area (TPSA) is 170 Å². The molecule has 12 nitrogen and oxygen atoms in total. The molecule has 25 heavy (non-hydrogen) atoms. The Balaban J connectivity index is 2.03. The summed E-state index contributed by atoms with van der Waals surface area (Å²) in [5.74, 6) is 0.488. The van der Waals surface area contributed by atoms with Gasteiger partial charge in [-0.15, -0.1) is 0 Å². The minimum Gasteiger partial charge on any atom is -0.394 e. The summed E-state index contributed by atoms with van der Waals surface area (Å²) in [6, 6.07) is 0. The molecule has 1 aliphatic heterocycles. The Morgan fingerprint density at radius 2 is 2.24 bits per heavy atom. The number of fused-ring (bicyclic) bond motifs is 1. The van der Waals surface area contributed by atoms with E-state index in [4.69, 9.17) is 4.74 Å². The third-order valence-corrected chi connectivity index (χ3v) is 3.92. The molecule has 0 radical (unpaired) electrons. The highest BCUT2D eigenvalue weighted by molar-refractivity contribution is 5.92. The molecule has 6 N–H and O–H groups in total. The van der Waals surface area contributed by atoms with Gasteiger partial charge in [0, 0.05) is 14.1 Å². The molecule has 1 fully saturated rings. The lowest BCUT2D eigenvalue weighted by molar-refractivity contribution is -0.0511. The van der Waals surface area contributed by atoms with E-state index in [1.165, 1.54) is 10.9 Å². The summed E-state index contributed by atoms with van der Waals surface area (Å²) in [6.45, 7) is -0.458. The lowest BCUT2D eigenvalue weighted by Gasteiger charge is -2.16. The Kier molecular flexibility index (Phi) is 4.67. The summed E-state index contributed by atoms with van der Waals surface area (Å²) in [6.07, 6.45) is -3.28. The van der Waals surface area contributed by atoms with Crippen LogP contribution in [-0.2, 0) is 4.74 Å². The second-order valence-corrected chi connectivity index (χ2v) is 5.41. The first-order valence-electron chi connectivity index (χ1n) is 7.51. The van der Waals surface area contributed by atoms with Crippen molar-refractivity contribution < 1.29 is 20.1 Å². The van der Waals surface area contributed by atoms with Gasteiger partial charge in [-0.1, -0.05) is 0 Å². The standard InChI is InChI=1S/C13H19N7O5/c1-14-12(15-2)19-13-17-9-6(10(24)18-13)16-4-20(9)11-8(23)7(22)5(3-21)25-11/h4-5,7-8,11,21-23H,3H2,1-2H3,(H3,14,15,17,18,19,24)/t5-,7-,8-,11-/m1/s1. The van der Waals surface area contributed by atoms with Crippen LogP contribution < -0.4 is 16.2 Å². The fraction of sp³-hybridized carbons (Fsp3) is 0.538. The predicted octanol–water partition coefficient (Wildman–Crippen LogP) is -2.65. The van der Waals surface area contributed by atoms with Crippen LogP contribution in [0.1, 0.15) is 6.23 Å². The number of nitrogens with one attached hydrogen (secondary N) is 3. The fourth-order valence-electron chi connectivity index (χ4n) is 2.62. The molecular formula is C13H19N7O5. The SMILES string of the molecule is CN=C(NC)Nc1nc2c(ncn2[C@@H]2O[C@H](CO)[C@@H](O)[C@H]2O)c(=O)[nH]1. The van der Waals surface area contributed by atoms with Gasteiger partial charge in [0.15, 0.2) is 23.4 Å². The van der Waals surface area contributed by atoms with Crippen molar-refractivity contribution in [2.24, 2.45) is 4.99 Å². The van der Waals surface area contributed by atoms with Gasteiger partial charge in [-0.05, 0) is 0 Å². The molecule has 3 rings (SSSR count). The number of guanidine groups is 1. The van der Waals surface area contributed by atoms with Gasteiger partial charge in [0.05, 0.1) is 12.9 Å². The number of aromatic amines is 1. The second-order valence-electron chi connectivity index (χ2n) is 5.41. The van der Waals surface area contributed by atoms with Crippen LogP contribution in [-0.4, -0.2) is 79.8 Å². The van der Waals surface area contributed by atoms with Crippen molar-refractivity contribution in [3.63, 3.8) is 0 Å². The van der Waals surface area contributed by atoms with E-state index in [-0.39, 0.29) is 17.1 Å². The molecule has 136 valence electrons. The molecule has 0 amide bonds. The van der Waals surface area contributed by atoms with Crippen molar-refractivity contribution in [1.29, 1.82) is 0 Å². The van der Waals surface area contributed by atoms with E-state index in [9.17, 15) is 20.1 Å². The van der Waals surface area contributed by atoms with Crippen LogP contribution in [0, 0.1) is 0 Å². The zero-order valence-corrected chi connectivity index (χ0v) is 13.5. The van der Waals surface area contributed by atoms with Crippen LogP contribution in [0.4, 0.5) is 5.95 Å². The van der Waals surface area contributed by atoms with Crippen molar-refractivity contribution >= 4 is 23.1 Å². The van der Waals surface area contributed by atoms with E-state index < -0.39 is 36.7 Å². The molecule has 2 aromatic heterocycles. The van der Waals surface area contributed by atoms with Crippen LogP contribution in [0.5, 0.6) is 0 Å². The van der Waals surface area contributed by atoms with Gasteiger partial charge in [0.1, 0.15) is 18.3 Å². The van der Waals surface area contributed by atoms with Crippen molar-refractivity contribution in [1.82, 2.24) is 24.8 Å². The van der Waals surface area contributed by atoms with Crippen molar-refractivity contribution in [3.8, 4) is 0 Å². The van der Waals surface area contributed by atoms with Crippen LogP contribution in [0.2, 0.25) is 0 Å². The largest absolute Gasteiger partial charge is 0.394 e. The smallest absolute Gasteiger partial charge is 0.280 e. The number of rotatable bonds is 3. The van der Waals surface area contributed by atoms with Crippen molar-refractivity contribution in [3.05, 3.63) is 16.7 Å². The maximum Gasteiger partial charge on any atom is 0.280 e. The van der Waals surface area contributed by atoms with Crippen molar-refractivity contribution in [2.75, 3.05) is 26.0 Å².